The van der Waals surface area contributed by atoms with E-state index in [0.717, 1.165) is 22.6 Å². The third-order valence-electron chi connectivity index (χ3n) is 3.86. The van der Waals surface area contributed by atoms with Crippen molar-refractivity contribution in [3.05, 3.63) is 51.5 Å². The van der Waals surface area contributed by atoms with Gasteiger partial charge in [0.2, 0.25) is 0 Å². The van der Waals surface area contributed by atoms with E-state index in [4.69, 9.17) is 0 Å². The smallest absolute Gasteiger partial charge is 0.326 e. The van der Waals surface area contributed by atoms with Crippen molar-refractivity contribution in [2.45, 2.75) is 32.4 Å². The lowest BCUT2D eigenvalue weighted by Crippen LogP contribution is -2.48. The van der Waals surface area contributed by atoms with E-state index in [1.165, 1.54) is 16.2 Å². The number of amides is 1. The molecule has 0 saturated heterocycles. The predicted octanol–water partition coefficient (Wildman–Crippen LogP) is 2.36. The maximum atomic E-state index is 12.7. The number of nitrogens with zero attached hydrogens (tertiary/aromatic N) is 2. The van der Waals surface area contributed by atoms with Crippen LogP contribution in [0.5, 0.6) is 0 Å². The Kier molecular flexibility index (Phi) is 3.94. The normalized spacial score (nSPS) is 17.1. The number of rotatable bonds is 3. The molecule has 2 heterocycles. The van der Waals surface area contributed by atoms with Crippen molar-refractivity contribution in [3.63, 3.8) is 0 Å². The van der Waals surface area contributed by atoms with Crippen LogP contribution in [0.3, 0.4) is 0 Å². The Morgan fingerprint density at radius 1 is 1.36 bits per heavy atom. The third-order valence-corrected chi connectivity index (χ3v) is 4.99. The Morgan fingerprint density at radius 2 is 2.09 bits per heavy atom. The molecular formula is C16H16N2O3S. The molecule has 22 heavy (non-hydrogen) atoms. The summed E-state index contributed by atoms with van der Waals surface area (Å²) < 4.78 is 0. The highest BCUT2D eigenvalue weighted by molar-refractivity contribution is 7.13. The van der Waals surface area contributed by atoms with Crippen LogP contribution in [-0.4, -0.2) is 32.9 Å². The predicted molar refractivity (Wildman–Crippen MR) is 82.9 cm³/mol. The lowest BCUT2D eigenvalue weighted by molar-refractivity contribution is -0.142. The van der Waals surface area contributed by atoms with Gasteiger partial charge in [0.1, 0.15) is 10.9 Å². The molecular weight excluding hydrogens is 300 g/mol. The van der Waals surface area contributed by atoms with Crippen molar-refractivity contribution in [2.24, 2.45) is 0 Å². The SMILES string of the molecule is CCc1ncc(C(=O)N2Cc3ccccc3C[C@H]2C(=O)O)s1. The van der Waals surface area contributed by atoms with Gasteiger partial charge in [-0.1, -0.05) is 31.2 Å². The van der Waals surface area contributed by atoms with Crippen LogP contribution in [0.25, 0.3) is 0 Å². The Labute approximate surface area is 132 Å². The van der Waals surface area contributed by atoms with Gasteiger partial charge in [0, 0.05) is 13.0 Å². The summed E-state index contributed by atoms with van der Waals surface area (Å²) in [6.45, 7) is 2.30. The molecule has 0 spiro atoms. The van der Waals surface area contributed by atoms with Crippen LogP contribution in [0, 0.1) is 0 Å². The van der Waals surface area contributed by atoms with E-state index in [1.54, 1.807) is 6.20 Å². The minimum Gasteiger partial charge on any atom is -0.480 e. The molecule has 0 unspecified atom stereocenters. The number of aliphatic carboxylic acids is 1. The molecule has 1 aromatic heterocycles. The molecule has 0 radical (unpaired) electrons. The van der Waals surface area contributed by atoms with Gasteiger partial charge >= 0.3 is 5.97 Å². The molecule has 6 heteroatoms. The molecule has 3 rings (SSSR count). The van der Waals surface area contributed by atoms with Crippen molar-refractivity contribution in [1.82, 2.24) is 9.88 Å². The van der Waals surface area contributed by atoms with Crippen molar-refractivity contribution < 1.29 is 14.7 Å². The van der Waals surface area contributed by atoms with E-state index in [-0.39, 0.29) is 5.91 Å². The van der Waals surface area contributed by atoms with E-state index in [9.17, 15) is 14.7 Å². The number of carbonyl (C=O) groups excluding carboxylic acids is 1. The molecule has 0 bridgehead atoms. The zero-order valence-corrected chi connectivity index (χ0v) is 13.0. The van der Waals surface area contributed by atoms with Gasteiger partial charge in [-0.05, 0) is 17.5 Å². The van der Waals surface area contributed by atoms with Gasteiger partial charge in [-0.25, -0.2) is 9.78 Å². The molecule has 1 N–H and O–H groups in total. The van der Waals surface area contributed by atoms with Crippen molar-refractivity contribution in [3.8, 4) is 0 Å². The van der Waals surface area contributed by atoms with Crippen LogP contribution in [0.2, 0.25) is 0 Å². The highest BCUT2D eigenvalue weighted by Crippen LogP contribution is 2.26. The molecule has 1 aromatic carbocycles. The average molecular weight is 316 g/mol. The summed E-state index contributed by atoms with van der Waals surface area (Å²) in [4.78, 5) is 30.4. The fraction of sp³-hybridized carbons (Fsp3) is 0.312. The summed E-state index contributed by atoms with van der Waals surface area (Å²) in [7, 11) is 0. The van der Waals surface area contributed by atoms with E-state index < -0.39 is 12.0 Å². The van der Waals surface area contributed by atoms with Crippen LogP contribution in [0.4, 0.5) is 0 Å². The van der Waals surface area contributed by atoms with Crippen LogP contribution in [-0.2, 0) is 24.2 Å². The minimum absolute atomic E-state index is 0.251. The molecule has 0 fully saturated rings. The first-order chi connectivity index (χ1) is 10.6. The largest absolute Gasteiger partial charge is 0.480 e. The minimum atomic E-state index is -0.969. The Balaban J connectivity index is 1.93. The zero-order valence-electron chi connectivity index (χ0n) is 12.2. The quantitative estimate of drug-likeness (QED) is 0.943. The summed E-state index contributed by atoms with van der Waals surface area (Å²) in [5, 5.41) is 10.4. The van der Waals surface area contributed by atoms with Gasteiger partial charge in [-0.2, -0.15) is 0 Å². The standard InChI is InChI=1S/C16H16N2O3S/c1-2-14-17-8-13(22-14)15(19)18-9-11-6-4-3-5-10(11)7-12(18)16(20)21/h3-6,8,12H,2,7,9H2,1H3,(H,20,21)/t12-/m0/s1. The number of aromatic nitrogens is 1. The highest BCUT2D eigenvalue weighted by atomic mass is 32.1. The lowest BCUT2D eigenvalue weighted by atomic mass is 9.94. The third kappa shape index (κ3) is 2.62. The molecule has 1 amide bonds. The number of carboxylic acids is 1. The van der Waals surface area contributed by atoms with Gasteiger partial charge in [0.05, 0.1) is 11.2 Å². The fourth-order valence-electron chi connectivity index (χ4n) is 2.67. The number of carboxylic acid groups (broad SMARTS) is 1. The highest BCUT2D eigenvalue weighted by Gasteiger charge is 2.35. The first kappa shape index (κ1) is 14.7. The maximum absolute atomic E-state index is 12.7. The molecule has 1 aliphatic rings. The monoisotopic (exact) mass is 316 g/mol. The van der Waals surface area contributed by atoms with Gasteiger partial charge < -0.3 is 10.0 Å². The van der Waals surface area contributed by atoms with Crippen LogP contribution in [0.15, 0.2) is 30.5 Å². The maximum Gasteiger partial charge on any atom is 0.326 e. The number of hydrogen-bond acceptors (Lipinski definition) is 4. The topological polar surface area (TPSA) is 70.5 Å². The first-order valence-electron chi connectivity index (χ1n) is 7.15. The summed E-state index contributed by atoms with van der Waals surface area (Å²) in [6, 6.07) is 6.85. The molecule has 0 saturated carbocycles. The van der Waals surface area contributed by atoms with E-state index >= 15 is 0 Å². The van der Waals surface area contributed by atoms with E-state index in [2.05, 4.69) is 4.98 Å². The molecule has 1 atom stereocenters. The molecule has 1 aliphatic heterocycles. The zero-order chi connectivity index (χ0) is 15.7. The molecule has 2 aromatic rings. The Bertz CT molecular complexity index is 726. The van der Waals surface area contributed by atoms with Crippen molar-refractivity contribution in [1.29, 1.82) is 0 Å². The van der Waals surface area contributed by atoms with Gasteiger partial charge in [0.15, 0.2) is 0 Å². The average Bonchev–Trinajstić information content (AvgIpc) is 3.02. The summed E-state index contributed by atoms with van der Waals surface area (Å²) >= 11 is 1.33. The van der Waals surface area contributed by atoms with Gasteiger partial charge in [-0.15, -0.1) is 11.3 Å². The van der Waals surface area contributed by atoms with E-state index in [0.29, 0.717) is 17.8 Å². The number of carbonyl (C=O) groups is 2. The summed E-state index contributed by atoms with van der Waals surface area (Å²) in [6.07, 6.45) is 2.66. The molecule has 5 nitrogen and oxygen atoms in total. The van der Waals surface area contributed by atoms with E-state index in [1.807, 2.05) is 31.2 Å². The molecule has 0 aliphatic carbocycles. The first-order valence-corrected chi connectivity index (χ1v) is 7.97. The number of hydrogen-bond donors (Lipinski definition) is 1. The number of fused-ring (bicyclic) bond motifs is 1. The van der Waals surface area contributed by atoms with Crippen LogP contribution >= 0.6 is 11.3 Å². The van der Waals surface area contributed by atoms with Crippen LogP contribution < -0.4 is 0 Å². The summed E-state index contributed by atoms with van der Waals surface area (Å²) in [5.41, 5.74) is 2.01. The Morgan fingerprint density at radius 3 is 2.73 bits per heavy atom. The van der Waals surface area contributed by atoms with Crippen molar-refractivity contribution in [2.75, 3.05) is 0 Å². The van der Waals surface area contributed by atoms with Gasteiger partial charge in [-0.3, -0.25) is 4.79 Å². The van der Waals surface area contributed by atoms with Crippen molar-refractivity contribution >= 4 is 23.2 Å². The Hall–Kier alpha value is -2.21. The lowest BCUT2D eigenvalue weighted by Gasteiger charge is -2.34. The van der Waals surface area contributed by atoms with Gasteiger partial charge in [0.25, 0.3) is 5.91 Å². The fourth-order valence-corrected chi connectivity index (χ4v) is 3.48. The molecule has 114 valence electrons. The number of aryl methyl sites for hydroxylation is 1. The number of thiazole rings is 1. The second-order valence-corrected chi connectivity index (χ2v) is 6.35. The summed E-state index contributed by atoms with van der Waals surface area (Å²) in [5.74, 6) is -1.22. The second-order valence-electron chi connectivity index (χ2n) is 5.23. The van der Waals surface area contributed by atoms with Crippen LogP contribution in [0.1, 0.15) is 32.7 Å². The number of benzene rings is 1. The second kappa shape index (κ2) is 5.88.